The first-order chi connectivity index (χ1) is 6.68. The van der Waals surface area contributed by atoms with Crippen molar-refractivity contribution in [1.82, 2.24) is 4.98 Å². The van der Waals surface area contributed by atoms with Crippen LogP contribution in [0.4, 0.5) is 0 Å². The molecule has 0 atom stereocenters. The fourth-order valence-corrected chi connectivity index (χ4v) is 1.25. The molecule has 1 aromatic heterocycles. The molecule has 0 spiro atoms. The molecule has 0 aliphatic rings. The Morgan fingerprint density at radius 1 is 1.64 bits per heavy atom. The molecule has 0 unspecified atom stereocenters. The summed E-state index contributed by atoms with van der Waals surface area (Å²) in [5.41, 5.74) is 0.627. The first-order valence-electron chi connectivity index (χ1n) is 3.93. The first kappa shape index (κ1) is 11.1. The Hall–Kier alpha value is -0.980. The third-order valence-corrected chi connectivity index (χ3v) is 2.18. The summed E-state index contributed by atoms with van der Waals surface area (Å²) in [6.45, 7) is 1.52. The number of aromatic nitrogens is 1. The van der Waals surface area contributed by atoms with Gasteiger partial charge in [-0.1, -0.05) is 35.3 Å². The van der Waals surface area contributed by atoms with Crippen LogP contribution >= 0.6 is 23.4 Å². The molecule has 0 radical (unpaired) electrons. The minimum Gasteiger partial charge on any atom is -0.288 e. The molecule has 1 rings (SSSR count). The van der Waals surface area contributed by atoms with E-state index in [4.69, 9.17) is 11.6 Å². The molecule has 1 aromatic rings. The van der Waals surface area contributed by atoms with E-state index in [-0.39, 0.29) is 5.12 Å². The molecule has 0 aliphatic heterocycles. The fraction of sp³-hybridized carbons (Fsp3) is 0.200. The summed E-state index contributed by atoms with van der Waals surface area (Å²) in [7, 11) is 0. The molecule has 0 aliphatic carbocycles. The van der Waals surface area contributed by atoms with Crippen molar-refractivity contribution in [3.63, 3.8) is 0 Å². The van der Waals surface area contributed by atoms with Gasteiger partial charge >= 0.3 is 0 Å². The van der Waals surface area contributed by atoms with Crippen molar-refractivity contribution >= 4 is 28.5 Å². The van der Waals surface area contributed by atoms with E-state index < -0.39 is 0 Å². The zero-order valence-corrected chi connectivity index (χ0v) is 9.15. The zero-order chi connectivity index (χ0) is 10.4. The van der Waals surface area contributed by atoms with E-state index in [2.05, 4.69) is 16.8 Å². The topological polar surface area (TPSA) is 30.0 Å². The van der Waals surface area contributed by atoms with E-state index >= 15 is 0 Å². The fourth-order valence-electron chi connectivity index (χ4n) is 0.742. The number of pyridine rings is 1. The van der Waals surface area contributed by atoms with Crippen molar-refractivity contribution < 1.29 is 4.79 Å². The number of halogens is 1. The molecule has 14 heavy (non-hydrogen) atoms. The number of rotatable bonds is 1. The van der Waals surface area contributed by atoms with Crippen LogP contribution in [0.3, 0.4) is 0 Å². The SMILES string of the molecule is CC(=O)SCC#Cc1cccc(Cl)n1. The van der Waals surface area contributed by atoms with Crippen LogP contribution in [0, 0.1) is 11.8 Å². The molecule has 0 aromatic carbocycles. The lowest BCUT2D eigenvalue weighted by Crippen LogP contribution is -1.84. The Kier molecular flexibility index (Phi) is 4.51. The molecule has 0 fully saturated rings. The number of hydrogen-bond acceptors (Lipinski definition) is 3. The van der Waals surface area contributed by atoms with Gasteiger partial charge in [0.15, 0.2) is 5.12 Å². The molecule has 1 heterocycles. The van der Waals surface area contributed by atoms with E-state index in [0.29, 0.717) is 16.6 Å². The lowest BCUT2D eigenvalue weighted by molar-refractivity contribution is -0.109. The Morgan fingerprint density at radius 2 is 2.43 bits per heavy atom. The molecule has 0 saturated carbocycles. The van der Waals surface area contributed by atoms with Gasteiger partial charge in [-0.05, 0) is 18.1 Å². The average Bonchev–Trinajstić information content (AvgIpc) is 2.12. The van der Waals surface area contributed by atoms with Crippen LogP contribution in [0.5, 0.6) is 0 Å². The van der Waals surface area contributed by atoms with Crippen LogP contribution in [0.1, 0.15) is 12.6 Å². The summed E-state index contributed by atoms with van der Waals surface area (Å²) >= 11 is 6.85. The standard InChI is InChI=1S/C10H8ClNOS/c1-8(13)14-7-3-5-9-4-2-6-10(11)12-9/h2,4,6H,7H2,1H3. The number of hydrogen-bond donors (Lipinski definition) is 0. The molecule has 0 amide bonds. The number of carbonyl (C=O) groups excluding carboxylic acids is 1. The number of nitrogens with zero attached hydrogens (tertiary/aromatic N) is 1. The third kappa shape index (κ3) is 4.31. The maximum Gasteiger partial charge on any atom is 0.186 e. The molecule has 2 nitrogen and oxygen atoms in total. The van der Waals surface area contributed by atoms with Crippen LogP contribution < -0.4 is 0 Å². The van der Waals surface area contributed by atoms with E-state index in [1.165, 1.54) is 18.7 Å². The van der Waals surface area contributed by atoms with Gasteiger partial charge in [-0.15, -0.1) is 0 Å². The van der Waals surface area contributed by atoms with Gasteiger partial charge in [-0.2, -0.15) is 0 Å². The predicted molar refractivity (Wildman–Crippen MR) is 59.3 cm³/mol. The summed E-state index contributed by atoms with van der Waals surface area (Å²) in [6.07, 6.45) is 0. The van der Waals surface area contributed by atoms with Crippen molar-refractivity contribution in [1.29, 1.82) is 0 Å². The monoisotopic (exact) mass is 225 g/mol. The Labute approximate surface area is 92.1 Å². The van der Waals surface area contributed by atoms with Crippen LogP contribution in [0.2, 0.25) is 5.15 Å². The maximum absolute atomic E-state index is 10.6. The molecule has 4 heteroatoms. The lowest BCUT2D eigenvalue weighted by Gasteiger charge is -1.89. The summed E-state index contributed by atoms with van der Waals surface area (Å²) < 4.78 is 0. The molecule has 72 valence electrons. The highest BCUT2D eigenvalue weighted by atomic mass is 35.5. The van der Waals surface area contributed by atoms with Crippen LogP contribution in [-0.4, -0.2) is 15.9 Å². The van der Waals surface area contributed by atoms with Gasteiger partial charge in [0.05, 0.1) is 5.75 Å². The largest absolute Gasteiger partial charge is 0.288 e. The second kappa shape index (κ2) is 5.69. The van der Waals surface area contributed by atoms with Gasteiger partial charge in [-0.3, -0.25) is 4.79 Å². The Morgan fingerprint density at radius 3 is 3.07 bits per heavy atom. The van der Waals surface area contributed by atoms with E-state index in [1.54, 1.807) is 18.2 Å². The van der Waals surface area contributed by atoms with Gasteiger partial charge in [0.2, 0.25) is 0 Å². The molecular weight excluding hydrogens is 218 g/mol. The van der Waals surface area contributed by atoms with E-state index in [9.17, 15) is 4.79 Å². The van der Waals surface area contributed by atoms with Gasteiger partial charge in [0, 0.05) is 6.92 Å². The Balaban J connectivity index is 2.55. The quantitative estimate of drug-likeness (QED) is 0.543. The van der Waals surface area contributed by atoms with Crippen molar-refractivity contribution in [3.8, 4) is 11.8 Å². The molecule has 0 bridgehead atoms. The summed E-state index contributed by atoms with van der Waals surface area (Å²) in [5.74, 6) is 6.14. The van der Waals surface area contributed by atoms with Crippen LogP contribution in [-0.2, 0) is 4.79 Å². The number of carbonyl (C=O) groups is 1. The second-order valence-corrected chi connectivity index (χ2v) is 3.97. The smallest absolute Gasteiger partial charge is 0.186 e. The van der Waals surface area contributed by atoms with Gasteiger partial charge < -0.3 is 0 Å². The summed E-state index contributed by atoms with van der Waals surface area (Å²) in [6, 6.07) is 5.26. The highest BCUT2D eigenvalue weighted by Crippen LogP contribution is 2.04. The van der Waals surface area contributed by atoms with Crippen molar-refractivity contribution in [2.24, 2.45) is 0 Å². The first-order valence-corrected chi connectivity index (χ1v) is 5.29. The summed E-state index contributed by atoms with van der Waals surface area (Å²) in [4.78, 5) is 14.6. The van der Waals surface area contributed by atoms with Crippen LogP contribution in [0.25, 0.3) is 0 Å². The zero-order valence-electron chi connectivity index (χ0n) is 7.58. The molecule has 0 N–H and O–H groups in total. The average molecular weight is 226 g/mol. The number of thioether (sulfide) groups is 1. The minimum absolute atomic E-state index is 0.0679. The van der Waals surface area contributed by atoms with E-state index in [1.807, 2.05) is 0 Å². The summed E-state index contributed by atoms with van der Waals surface area (Å²) in [5, 5.41) is 0.495. The van der Waals surface area contributed by atoms with Crippen LogP contribution in [0.15, 0.2) is 18.2 Å². The van der Waals surface area contributed by atoms with Gasteiger partial charge in [0.1, 0.15) is 10.8 Å². The Bertz CT molecular complexity index is 395. The third-order valence-electron chi connectivity index (χ3n) is 1.28. The molecule has 0 saturated heterocycles. The van der Waals surface area contributed by atoms with E-state index in [0.717, 1.165) is 0 Å². The van der Waals surface area contributed by atoms with Crippen molar-refractivity contribution in [2.75, 3.05) is 5.75 Å². The highest BCUT2D eigenvalue weighted by molar-refractivity contribution is 8.13. The normalized spacial score (nSPS) is 9.00. The van der Waals surface area contributed by atoms with Crippen molar-refractivity contribution in [2.45, 2.75) is 6.92 Å². The lowest BCUT2D eigenvalue weighted by atomic mass is 10.3. The van der Waals surface area contributed by atoms with Gasteiger partial charge in [-0.25, -0.2) is 4.98 Å². The highest BCUT2D eigenvalue weighted by Gasteiger charge is 1.91. The molecular formula is C10H8ClNOS. The minimum atomic E-state index is 0.0679. The van der Waals surface area contributed by atoms with Crippen molar-refractivity contribution in [3.05, 3.63) is 29.0 Å². The maximum atomic E-state index is 10.6. The van der Waals surface area contributed by atoms with Gasteiger partial charge in [0.25, 0.3) is 0 Å². The second-order valence-electron chi connectivity index (χ2n) is 2.43. The predicted octanol–water partition coefficient (Wildman–Crippen LogP) is 2.37.